The molecule has 0 spiro atoms. The zero-order valence-corrected chi connectivity index (χ0v) is 13.3. The quantitative estimate of drug-likeness (QED) is 0.837. The highest BCUT2D eigenvalue weighted by molar-refractivity contribution is 8.00. The lowest BCUT2D eigenvalue weighted by molar-refractivity contribution is -0.150. The normalized spacial score (nSPS) is 42.2. The molecule has 1 heterocycles. The van der Waals surface area contributed by atoms with E-state index in [9.17, 15) is 9.90 Å². The summed E-state index contributed by atoms with van der Waals surface area (Å²) in [5.41, 5.74) is -0.126. The topological polar surface area (TPSA) is 49.3 Å². The Labute approximate surface area is 120 Å². The summed E-state index contributed by atoms with van der Waals surface area (Å²) in [6.07, 6.45) is 3.05. The minimum Gasteiger partial charge on any atom is -0.481 e. The average Bonchev–Trinajstić information content (AvgIpc) is 2.70. The average molecular weight is 285 g/mol. The van der Waals surface area contributed by atoms with Crippen molar-refractivity contribution in [2.24, 2.45) is 17.3 Å². The van der Waals surface area contributed by atoms with Crippen molar-refractivity contribution in [1.29, 1.82) is 0 Å². The second-order valence-corrected chi connectivity index (χ2v) is 8.40. The van der Waals surface area contributed by atoms with Crippen LogP contribution in [0, 0.1) is 17.3 Å². The summed E-state index contributed by atoms with van der Waals surface area (Å²) in [6.45, 7) is 8.76. The fourth-order valence-corrected chi connectivity index (χ4v) is 4.87. The van der Waals surface area contributed by atoms with Crippen LogP contribution in [0.4, 0.5) is 0 Å². The first kappa shape index (κ1) is 15.2. The lowest BCUT2D eigenvalue weighted by Crippen LogP contribution is -2.53. The Bertz CT molecular complexity index is 345. The molecule has 0 radical (unpaired) electrons. The molecule has 2 aliphatic rings. The van der Waals surface area contributed by atoms with Crippen LogP contribution in [0.5, 0.6) is 0 Å². The van der Waals surface area contributed by atoms with E-state index >= 15 is 0 Å². The molecule has 4 heteroatoms. The first-order valence-electron chi connectivity index (χ1n) is 7.42. The molecular formula is C15H27NO2S. The van der Waals surface area contributed by atoms with Gasteiger partial charge in [0.05, 0.1) is 5.92 Å². The van der Waals surface area contributed by atoms with Crippen molar-refractivity contribution in [3.63, 3.8) is 0 Å². The van der Waals surface area contributed by atoms with Crippen LogP contribution >= 0.6 is 11.8 Å². The third-order valence-corrected chi connectivity index (χ3v) is 6.74. The predicted octanol–water partition coefficient (Wildman–Crippen LogP) is 3.00. The number of hydrogen-bond donors (Lipinski definition) is 2. The van der Waals surface area contributed by atoms with Gasteiger partial charge in [0.25, 0.3) is 0 Å². The maximum atomic E-state index is 11.4. The Kier molecular flexibility index (Phi) is 4.51. The largest absolute Gasteiger partial charge is 0.481 e. The summed E-state index contributed by atoms with van der Waals surface area (Å²) in [5.74, 6) is 0.786. The van der Waals surface area contributed by atoms with E-state index in [1.54, 1.807) is 0 Å². The molecule has 2 fully saturated rings. The maximum absolute atomic E-state index is 11.4. The van der Waals surface area contributed by atoms with Gasteiger partial charge in [-0.3, -0.25) is 4.79 Å². The van der Waals surface area contributed by atoms with Crippen LogP contribution < -0.4 is 5.32 Å². The van der Waals surface area contributed by atoms with Gasteiger partial charge in [-0.2, -0.15) is 11.8 Å². The van der Waals surface area contributed by atoms with Crippen LogP contribution in [0.25, 0.3) is 0 Å². The molecule has 1 aliphatic carbocycles. The molecule has 19 heavy (non-hydrogen) atoms. The van der Waals surface area contributed by atoms with Crippen molar-refractivity contribution in [2.75, 3.05) is 5.75 Å². The molecule has 0 amide bonds. The van der Waals surface area contributed by atoms with Crippen molar-refractivity contribution < 1.29 is 9.90 Å². The first-order valence-corrected chi connectivity index (χ1v) is 8.47. The Hall–Kier alpha value is -0.220. The van der Waals surface area contributed by atoms with Crippen molar-refractivity contribution in [3.8, 4) is 0 Å². The Morgan fingerprint density at radius 2 is 2.00 bits per heavy atom. The molecule has 5 atom stereocenters. The molecule has 0 aromatic heterocycles. The van der Waals surface area contributed by atoms with Gasteiger partial charge in [-0.15, -0.1) is 0 Å². The molecule has 0 aromatic rings. The number of rotatable bonds is 3. The lowest BCUT2D eigenvalue weighted by Gasteiger charge is -2.47. The van der Waals surface area contributed by atoms with E-state index in [1.807, 2.05) is 11.8 Å². The molecule has 2 N–H and O–H groups in total. The van der Waals surface area contributed by atoms with Crippen LogP contribution in [-0.2, 0) is 4.79 Å². The van der Waals surface area contributed by atoms with E-state index in [2.05, 4.69) is 33.0 Å². The molecular weight excluding hydrogens is 258 g/mol. The highest BCUT2D eigenvalue weighted by Crippen LogP contribution is 2.45. The third kappa shape index (κ3) is 3.10. The first-order chi connectivity index (χ1) is 8.82. The van der Waals surface area contributed by atoms with Gasteiger partial charge in [0.2, 0.25) is 0 Å². The van der Waals surface area contributed by atoms with E-state index in [0.29, 0.717) is 18.0 Å². The highest BCUT2D eigenvalue weighted by Gasteiger charge is 2.46. The van der Waals surface area contributed by atoms with Crippen LogP contribution in [0.2, 0.25) is 0 Å². The van der Waals surface area contributed by atoms with E-state index < -0.39 is 5.97 Å². The Balaban J connectivity index is 1.99. The molecule has 1 saturated heterocycles. The van der Waals surface area contributed by atoms with Crippen LogP contribution in [-0.4, -0.2) is 34.2 Å². The predicted molar refractivity (Wildman–Crippen MR) is 80.6 cm³/mol. The minimum atomic E-state index is -0.625. The summed E-state index contributed by atoms with van der Waals surface area (Å²) >= 11 is 2.04. The smallest absolute Gasteiger partial charge is 0.307 e. The summed E-state index contributed by atoms with van der Waals surface area (Å²) in [7, 11) is 0. The van der Waals surface area contributed by atoms with Gasteiger partial charge in [0.15, 0.2) is 0 Å². The molecule has 1 saturated carbocycles. The lowest BCUT2D eigenvalue weighted by atomic mass is 9.61. The van der Waals surface area contributed by atoms with Crippen LogP contribution in [0.15, 0.2) is 0 Å². The zero-order valence-electron chi connectivity index (χ0n) is 12.5. The third-order valence-electron chi connectivity index (χ3n) is 5.39. The van der Waals surface area contributed by atoms with E-state index in [4.69, 9.17) is 0 Å². The SMILES string of the molecule is CC1CC(NC2CCC(C(=O)O)C(C)(C)C2C)CS1. The number of hydrogen-bond acceptors (Lipinski definition) is 3. The summed E-state index contributed by atoms with van der Waals surface area (Å²) in [4.78, 5) is 11.4. The van der Waals surface area contributed by atoms with E-state index in [0.717, 1.165) is 18.1 Å². The van der Waals surface area contributed by atoms with E-state index in [-0.39, 0.29) is 11.3 Å². The highest BCUT2D eigenvalue weighted by atomic mass is 32.2. The van der Waals surface area contributed by atoms with E-state index in [1.165, 1.54) is 12.2 Å². The fraction of sp³-hybridized carbons (Fsp3) is 0.933. The molecule has 5 unspecified atom stereocenters. The summed E-state index contributed by atoms with van der Waals surface area (Å²) in [5, 5.41) is 13.9. The minimum absolute atomic E-state index is 0.126. The summed E-state index contributed by atoms with van der Waals surface area (Å²) in [6, 6.07) is 1.09. The number of carboxylic acids is 1. The van der Waals surface area contributed by atoms with Gasteiger partial charge in [-0.1, -0.05) is 27.7 Å². The van der Waals surface area contributed by atoms with Gasteiger partial charge < -0.3 is 10.4 Å². The van der Waals surface area contributed by atoms with Gasteiger partial charge in [0.1, 0.15) is 0 Å². The number of aliphatic carboxylic acids is 1. The Morgan fingerprint density at radius 3 is 2.53 bits per heavy atom. The summed E-state index contributed by atoms with van der Waals surface area (Å²) < 4.78 is 0. The van der Waals surface area contributed by atoms with Crippen molar-refractivity contribution in [3.05, 3.63) is 0 Å². The van der Waals surface area contributed by atoms with Gasteiger partial charge in [0, 0.05) is 23.1 Å². The second-order valence-electron chi connectivity index (χ2n) is 6.93. The molecule has 2 rings (SSSR count). The zero-order chi connectivity index (χ0) is 14.2. The number of carbonyl (C=O) groups is 1. The molecule has 0 bridgehead atoms. The van der Waals surface area contributed by atoms with Crippen molar-refractivity contribution in [1.82, 2.24) is 5.32 Å². The molecule has 3 nitrogen and oxygen atoms in total. The standard InChI is InChI=1S/C15H27NO2S/c1-9-7-11(8-19-9)16-13-6-5-12(14(17)18)15(3,4)10(13)2/h9-13,16H,5-8H2,1-4H3,(H,17,18). The maximum Gasteiger partial charge on any atom is 0.307 e. The monoisotopic (exact) mass is 285 g/mol. The molecule has 110 valence electrons. The van der Waals surface area contributed by atoms with Gasteiger partial charge in [-0.05, 0) is 30.6 Å². The van der Waals surface area contributed by atoms with Gasteiger partial charge >= 0.3 is 5.97 Å². The Morgan fingerprint density at radius 1 is 1.32 bits per heavy atom. The van der Waals surface area contributed by atoms with Crippen molar-refractivity contribution >= 4 is 17.7 Å². The van der Waals surface area contributed by atoms with Gasteiger partial charge in [-0.25, -0.2) is 0 Å². The number of carboxylic acid groups (broad SMARTS) is 1. The second kappa shape index (κ2) is 5.65. The molecule has 1 aliphatic heterocycles. The van der Waals surface area contributed by atoms with Crippen molar-refractivity contribution in [2.45, 2.75) is 64.3 Å². The molecule has 0 aromatic carbocycles. The van der Waals surface area contributed by atoms with Crippen LogP contribution in [0.3, 0.4) is 0 Å². The number of thioether (sulfide) groups is 1. The van der Waals surface area contributed by atoms with Crippen LogP contribution in [0.1, 0.15) is 47.0 Å². The number of nitrogens with one attached hydrogen (secondary N) is 1. The fourth-order valence-electron chi connectivity index (χ4n) is 3.71.